The number of amides is 2. The highest BCUT2D eigenvalue weighted by molar-refractivity contribution is 9.10. The number of hydrogen-bond acceptors (Lipinski definition) is 1. The highest BCUT2D eigenvalue weighted by Crippen LogP contribution is 2.18. The molecule has 1 aromatic carbocycles. The Hall–Kier alpha value is -1.03. The molecule has 0 aliphatic heterocycles. The summed E-state index contributed by atoms with van der Waals surface area (Å²) in [6, 6.07) is 6.91. The van der Waals surface area contributed by atoms with Crippen molar-refractivity contribution >= 4 is 27.6 Å². The third-order valence-corrected chi connectivity index (χ3v) is 2.02. The molecular weight excluding hydrogens is 220 g/mol. The van der Waals surface area contributed by atoms with Gasteiger partial charge in [-0.2, -0.15) is 0 Å². The fourth-order valence-corrected chi connectivity index (χ4v) is 1.20. The second kappa shape index (κ2) is 3.58. The Morgan fingerprint density at radius 1 is 1.58 bits per heavy atom. The first-order chi connectivity index (χ1) is 5.61. The van der Waals surface area contributed by atoms with Gasteiger partial charge in [-0.15, -0.1) is 0 Å². The first-order valence-electron chi connectivity index (χ1n) is 3.40. The van der Waals surface area contributed by atoms with Gasteiger partial charge in [0.05, 0.1) is 0 Å². The summed E-state index contributed by atoms with van der Waals surface area (Å²) in [6.45, 7) is 0. The van der Waals surface area contributed by atoms with E-state index < -0.39 is 6.03 Å². The summed E-state index contributed by atoms with van der Waals surface area (Å²) in [5.74, 6) is 0. The van der Waals surface area contributed by atoms with Crippen LogP contribution in [-0.4, -0.2) is 13.1 Å². The van der Waals surface area contributed by atoms with Gasteiger partial charge in [0.2, 0.25) is 0 Å². The van der Waals surface area contributed by atoms with E-state index in [4.69, 9.17) is 5.73 Å². The average molecular weight is 229 g/mol. The molecule has 0 saturated heterocycles. The first-order valence-corrected chi connectivity index (χ1v) is 4.19. The molecular formula is C8H9BrN2O. The van der Waals surface area contributed by atoms with Gasteiger partial charge >= 0.3 is 6.03 Å². The maximum Gasteiger partial charge on any atom is 0.318 e. The summed E-state index contributed by atoms with van der Waals surface area (Å²) in [6.07, 6.45) is 0. The molecule has 0 bridgehead atoms. The fraction of sp³-hybridized carbons (Fsp3) is 0.125. The lowest BCUT2D eigenvalue weighted by atomic mass is 10.3. The van der Waals surface area contributed by atoms with Crippen molar-refractivity contribution < 1.29 is 4.79 Å². The van der Waals surface area contributed by atoms with Crippen molar-refractivity contribution in [2.24, 2.45) is 5.73 Å². The maximum atomic E-state index is 10.7. The number of carbonyl (C=O) groups excluding carboxylic acids is 1. The third kappa shape index (κ3) is 1.98. The number of primary amides is 1. The number of urea groups is 1. The van der Waals surface area contributed by atoms with Gasteiger partial charge in [-0.3, -0.25) is 4.90 Å². The van der Waals surface area contributed by atoms with E-state index in [1.54, 1.807) is 7.05 Å². The van der Waals surface area contributed by atoms with Gasteiger partial charge in [-0.25, -0.2) is 4.79 Å². The Morgan fingerprint density at radius 2 is 2.25 bits per heavy atom. The fourth-order valence-electron chi connectivity index (χ4n) is 0.812. The summed E-state index contributed by atoms with van der Waals surface area (Å²) in [5.41, 5.74) is 5.86. The molecule has 0 heterocycles. The number of rotatable bonds is 1. The second-order valence-electron chi connectivity index (χ2n) is 2.38. The number of benzene rings is 1. The molecule has 0 aliphatic carbocycles. The molecule has 2 N–H and O–H groups in total. The van der Waals surface area contributed by atoms with Crippen molar-refractivity contribution in [1.82, 2.24) is 0 Å². The SMILES string of the molecule is CN(C(N)=O)c1cccc(Br)c1. The quantitative estimate of drug-likeness (QED) is 0.786. The first kappa shape index (κ1) is 9.06. The molecule has 1 aromatic rings. The van der Waals surface area contributed by atoms with Crippen molar-refractivity contribution in [3.05, 3.63) is 28.7 Å². The second-order valence-corrected chi connectivity index (χ2v) is 3.29. The number of halogens is 1. The van der Waals surface area contributed by atoms with Crippen molar-refractivity contribution in [3.8, 4) is 0 Å². The Balaban J connectivity index is 2.95. The lowest BCUT2D eigenvalue weighted by molar-refractivity contribution is 0.255. The lowest BCUT2D eigenvalue weighted by Crippen LogP contribution is -2.31. The average Bonchev–Trinajstić information content (AvgIpc) is 2.03. The van der Waals surface area contributed by atoms with E-state index in [0.717, 1.165) is 10.2 Å². The van der Waals surface area contributed by atoms with Crippen LogP contribution >= 0.6 is 15.9 Å². The Kier molecular flexibility index (Phi) is 2.70. The van der Waals surface area contributed by atoms with E-state index >= 15 is 0 Å². The zero-order chi connectivity index (χ0) is 9.14. The van der Waals surface area contributed by atoms with Crippen LogP contribution in [0.25, 0.3) is 0 Å². The number of nitrogens with zero attached hydrogens (tertiary/aromatic N) is 1. The largest absolute Gasteiger partial charge is 0.351 e. The van der Waals surface area contributed by atoms with Crippen molar-refractivity contribution in [3.63, 3.8) is 0 Å². The Morgan fingerprint density at radius 3 is 2.75 bits per heavy atom. The molecule has 64 valence electrons. The number of anilines is 1. The number of carbonyl (C=O) groups is 1. The number of nitrogens with two attached hydrogens (primary N) is 1. The zero-order valence-electron chi connectivity index (χ0n) is 6.62. The van der Waals surface area contributed by atoms with E-state index in [1.165, 1.54) is 4.90 Å². The third-order valence-electron chi connectivity index (χ3n) is 1.53. The molecule has 3 nitrogen and oxygen atoms in total. The van der Waals surface area contributed by atoms with E-state index in [-0.39, 0.29) is 0 Å². The van der Waals surface area contributed by atoms with Crippen LogP contribution in [0.3, 0.4) is 0 Å². The zero-order valence-corrected chi connectivity index (χ0v) is 8.21. The van der Waals surface area contributed by atoms with Gasteiger partial charge in [0.15, 0.2) is 0 Å². The summed E-state index contributed by atoms with van der Waals surface area (Å²) < 4.78 is 0.924. The van der Waals surface area contributed by atoms with Gasteiger partial charge in [0.1, 0.15) is 0 Å². The minimum atomic E-state index is -0.465. The summed E-state index contributed by atoms with van der Waals surface area (Å²) in [5, 5.41) is 0. The highest BCUT2D eigenvalue weighted by atomic mass is 79.9. The minimum absolute atomic E-state index is 0.465. The van der Waals surface area contributed by atoms with E-state index in [9.17, 15) is 4.79 Å². The van der Waals surface area contributed by atoms with Crippen LogP contribution in [-0.2, 0) is 0 Å². The molecule has 1 rings (SSSR count). The van der Waals surface area contributed by atoms with Crippen LogP contribution in [0.5, 0.6) is 0 Å². The molecule has 0 radical (unpaired) electrons. The van der Waals surface area contributed by atoms with Crippen LogP contribution < -0.4 is 10.6 Å². The molecule has 12 heavy (non-hydrogen) atoms. The predicted molar refractivity (Wildman–Crippen MR) is 52.1 cm³/mol. The van der Waals surface area contributed by atoms with Gasteiger partial charge in [-0.1, -0.05) is 22.0 Å². The van der Waals surface area contributed by atoms with Crippen molar-refractivity contribution in [1.29, 1.82) is 0 Å². The highest BCUT2D eigenvalue weighted by Gasteiger charge is 2.04. The topological polar surface area (TPSA) is 46.3 Å². The molecule has 0 fully saturated rings. The monoisotopic (exact) mass is 228 g/mol. The van der Waals surface area contributed by atoms with Gasteiger partial charge in [0, 0.05) is 17.2 Å². The molecule has 0 saturated carbocycles. The van der Waals surface area contributed by atoms with E-state index in [2.05, 4.69) is 15.9 Å². The Labute approximate surface area is 79.3 Å². The normalized spacial score (nSPS) is 9.50. The Bertz CT molecular complexity index is 301. The van der Waals surface area contributed by atoms with Crippen LogP contribution in [0.4, 0.5) is 10.5 Å². The predicted octanol–water partition coefficient (Wildman–Crippen LogP) is 1.96. The van der Waals surface area contributed by atoms with Gasteiger partial charge < -0.3 is 5.73 Å². The summed E-state index contributed by atoms with van der Waals surface area (Å²) >= 11 is 3.30. The van der Waals surface area contributed by atoms with Crippen LogP contribution in [0.1, 0.15) is 0 Å². The van der Waals surface area contributed by atoms with E-state index in [0.29, 0.717) is 0 Å². The molecule has 0 spiro atoms. The van der Waals surface area contributed by atoms with Crippen LogP contribution in [0, 0.1) is 0 Å². The lowest BCUT2D eigenvalue weighted by Gasteiger charge is -2.13. The van der Waals surface area contributed by atoms with Crippen molar-refractivity contribution in [2.45, 2.75) is 0 Å². The minimum Gasteiger partial charge on any atom is -0.351 e. The maximum absolute atomic E-state index is 10.7. The molecule has 2 amide bonds. The van der Waals surface area contributed by atoms with Gasteiger partial charge in [-0.05, 0) is 18.2 Å². The van der Waals surface area contributed by atoms with E-state index in [1.807, 2.05) is 24.3 Å². The molecule has 4 heteroatoms. The standard InChI is InChI=1S/C8H9BrN2O/c1-11(8(10)12)7-4-2-3-6(9)5-7/h2-5H,1H3,(H2,10,12). The smallest absolute Gasteiger partial charge is 0.318 e. The summed E-state index contributed by atoms with van der Waals surface area (Å²) in [4.78, 5) is 12.1. The molecule has 0 atom stereocenters. The summed E-state index contributed by atoms with van der Waals surface area (Å²) in [7, 11) is 1.63. The van der Waals surface area contributed by atoms with Crippen LogP contribution in [0.2, 0.25) is 0 Å². The van der Waals surface area contributed by atoms with Crippen LogP contribution in [0.15, 0.2) is 28.7 Å². The molecule has 0 unspecified atom stereocenters. The molecule has 0 aliphatic rings. The van der Waals surface area contributed by atoms with Gasteiger partial charge in [0.25, 0.3) is 0 Å². The van der Waals surface area contributed by atoms with Crippen molar-refractivity contribution in [2.75, 3.05) is 11.9 Å². The molecule has 0 aromatic heterocycles. The number of hydrogen-bond donors (Lipinski definition) is 1.